The average molecular weight is 253 g/mol. The molecule has 0 fully saturated rings. The predicted molar refractivity (Wildman–Crippen MR) is 80.1 cm³/mol. The van der Waals surface area contributed by atoms with Gasteiger partial charge in [-0.1, -0.05) is 25.5 Å². The molecule has 0 aliphatic carbocycles. The zero-order valence-corrected chi connectivity index (χ0v) is 11.2. The van der Waals surface area contributed by atoms with E-state index in [2.05, 4.69) is 29.3 Å². The normalized spacial score (nSPS) is 11.0. The van der Waals surface area contributed by atoms with Gasteiger partial charge in [-0.25, -0.2) is 0 Å². The maximum absolute atomic E-state index is 5.62. The second-order valence-corrected chi connectivity index (χ2v) is 4.56. The summed E-state index contributed by atoms with van der Waals surface area (Å²) in [7, 11) is 0. The Morgan fingerprint density at radius 1 is 0.842 bits per heavy atom. The largest absolute Gasteiger partial charge is 0.399 e. The lowest BCUT2D eigenvalue weighted by atomic mass is 10.1. The number of hydrogen-bond donors (Lipinski definition) is 1. The molecule has 0 saturated carbocycles. The Bertz CT molecular complexity index is 527. The fraction of sp³-hybridized carbons (Fsp3) is 0.250. The average Bonchev–Trinajstić information content (AvgIpc) is 2.46. The van der Waals surface area contributed by atoms with E-state index >= 15 is 0 Å². The van der Waals surface area contributed by atoms with Gasteiger partial charge in [0.05, 0.1) is 11.4 Å². The zero-order valence-electron chi connectivity index (χ0n) is 11.2. The minimum absolute atomic E-state index is 0.735. The van der Waals surface area contributed by atoms with Gasteiger partial charge in [0.2, 0.25) is 0 Å². The van der Waals surface area contributed by atoms with Gasteiger partial charge in [0.1, 0.15) is 0 Å². The van der Waals surface area contributed by atoms with Gasteiger partial charge < -0.3 is 5.73 Å². The summed E-state index contributed by atoms with van der Waals surface area (Å²) in [6.07, 6.45) is 3.58. The van der Waals surface area contributed by atoms with Crippen molar-refractivity contribution < 1.29 is 0 Å². The van der Waals surface area contributed by atoms with E-state index in [0.717, 1.165) is 23.5 Å². The third-order valence-corrected chi connectivity index (χ3v) is 2.93. The van der Waals surface area contributed by atoms with Crippen LogP contribution in [-0.4, -0.2) is 0 Å². The Balaban J connectivity index is 2.00. The highest BCUT2D eigenvalue weighted by atomic mass is 15.1. The van der Waals surface area contributed by atoms with Crippen molar-refractivity contribution in [1.29, 1.82) is 0 Å². The number of anilines is 1. The van der Waals surface area contributed by atoms with Gasteiger partial charge in [-0.3, -0.25) is 0 Å². The van der Waals surface area contributed by atoms with Crippen LogP contribution in [0.5, 0.6) is 0 Å². The minimum Gasteiger partial charge on any atom is -0.399 e. The van der Waals surface area contributed by atoms with Gasteiger partial charge in [0, 0.05) is 5.69 Å². The third-order valence-electron chi connectivity index (χ3n) is 2.93. The van der Waals surface area contributed by atoms with E-state index in [1.807, 2.05) is 36.4 Å². The number of nitrogen functional groups attached to an aromatic ring is 1. The van der Waals surface area contributed by atoms with Crippen molar-refractivity contribution in [3.63, 3.8) is 0 Å². The molecule has 2 aromatic rings. The fourth-order valence-electron chi connectivity index (χ4n) is 1.77. The number of nitrogens with zero attached hydrogens (tertiary/aromatic N) is 2. The molecule has 0 aliphatic rings. The molecule has 2 aromatic carbocycles. The summed E-state index contributed by atoms with van der Waals surface area (Å²) >= 11 is 0. The van der Waals surface area contributed by atoms with Crippen LogP contribution in [0.15, 0.2) is 58.8 Å². The highest BCUT2D eigenvalue weighted by molar-refractivity contribution is 5.48. The number of aryl methyl sites for hydroxylation is 1. The van der Waals surface area contributed by atoms with Crippen molar-refractivity contribution in [2.24, 2.45) is 10.2 Å². The molecule has 2 rings (SSSR count). The number of hydrogen-bond acceptors (Lipinski definition) is 3. The molecule has 0 aliphatic heterocycles. The molecule has 3 heteroatoms. The van der Waals surface area contributed by atoms with Crippen molar-refractivity contribution in [2.45, 2.75) is 26.2 Å². The van der Waals surface area contributed by atoms with Crippen LogP contribution >= 0.6 is 0 Å². The molecule has 0 heterocycles. The highest BCUT2D eigenvalue weighted by Gasteiger charge is 1.94. The summed E-state index contributed by atoms with van der Waals surface area (Å²) in [6, 6.07) is 15.6. The molecular formula is C16H19N3. The summed E-state index contributed by atoms with van der Waals surface area (Å²) < 4.78 is 0. The van der Waals surface area contributed by atoms with Crippen LogP contribution < -0.4 is 5.73 Å². The van der Waals surface area contributed by atoms with Gasteiger partial charge in [-0.2, -0.15) is 10.2 Å². The zero-order chi connectivity index (χ0) is 13.5. The molecule has 0 amide bonds. The lowest BCUT2D eigenvalue weighted by Crippen LogP contribution is -1.82. The quantitative estimate of drug-likeness (QED) is 0.590. The van der Waals surface area contributed by atoms with Crippen molar-refractivity contribution in [3.05, 3.63) is 54.1 Å². The monoisotopic (exact) mass is 253 g/mol. The number of rotatable bonds is 5. The Kier molecular flexibility index (Phi) is 4.67. The van der Waals surface area contributed by atoms with Crippen LogP contribution in [0.2, 0.25) is 0 Å². The SMILES string of the molecule is CCCCc1ccc(/N=N/c2ccc(N)cc2)cc1. The molecule has 0 aromatic heterocycles. The van der Waals surface area contributed by atoms with Crippen LogP contribution in [-0.2, 0) is 6.42 Å². The van der Waals surface area contributed by atoms with Crippen molar-refractivity contribution in [3.8, 4) is 0 Å². The first-order valence-electron chi connectivity index (χ1n) is 6.64. The maximum Gasteiger partial charge on any atom is 0.0858 e. The van der Waals surface area contributed by atoms with E-state index in [4.69, 9.17) is 5.73 Å². The minimum atomic E-state index is 0.735. The van der Waals surface area contributed by atoms with E-state index in [1.165, 1.54) is 18.4 Å². The van der Waals surface area contributed by atoms with E-state index < -0.39 is 0 Å². The Morgan fingerprint density at radius 2 is 1.37 bits per heavy atom. The first kappa shape index (κ1) is 13.3. The van der Waals surface area contributed by atoms with Gasteiger partial charge in [-0.05, 0) is 54.8 Å². The molecule has 0 atom stereocenters. The Hall–Kier alpha value is -2.16. The fourth-order valence-corrected chi connectivity index (χ4v) is 1.77. The first-order valence-corrected chi connectivity index (χ1v) is 6.64. The molecular weight excluding hydrogens is 234 g/mol. The topological polar surface area (TPSA) is 50.7 Å². The van der Waals surface area contributed by atoms with Crippen molar-refractivity contribution in [2.75, 3.05) is 5.73 Å². The summed E-state index contributed by atoms with van der Waals surface area (Å²) in [4.78, 5) is 0. The standard InChI is InChI=1S/C16H19N3/c1-2-3-4-13-5-9-15(10-6-13)18-19-16-11-7-14(17)8-12-16/h5-12H,2-4,17H2,1H3/b19-18+. The van der Waals surface area contributed by atoms with Crippen LogP contribution in [0.3, 0.4) is 0 Å². The molecule has 2 N–H and O–H groups in total. The predicted octanol–water partition coefficient (Wildman–Crippen LogP) is 5.03. The van der Waals surface area contributed by atoms with E-state index in [1.54, 1.807) is 0 Å². The molecule has 19 heavy (non-hydrogen) atoms. The summed E-state index contributed by atoms with van der Waals surface area (Å²) in [5, 5.41) is 8.39. The van der Waals surface area contributed by atoms with Crippen LogP contribution in [0.1, 0.15) is 25.3 Å². The second kappa shape index (κ2) is 6.69. The molecule has 0 radical (unpaired) electrons. The lowest BCUT2D eigenvalue weighted by Gasteiger charge is -1.99. The van der Waals surface area contributed by atoms with Crippen LogP contribution in [0, 0.1) is 0 Å². The Morgan fingerprint density at radius 3 is 1.89 bits per heavy atom. The van der Waals surface area contributed by atoms with Gasteiger partial charge >= 0.3 is 0 Å². The van der Waals surface area contributed by atoms with Crippen LogP contribution in [0.4, 0.5) is 17.1 Å². The lowest BCUT2D eigenvalue weighted by molar-refractivity contribution is 0.795. The van der Waals surface area contributed by atoms with Crippen molar-refractivity contribution >= 4 is 17.1 Å². The Labute approximate surface area is 114 Å². The van der Waals surface area contributed by atoms with Gasteiger partial charge in [-0.15, -0.1) is 0 Å². The summed E-state index contributed by atoms with van der Waals surface area (Å²) in [5.41, 5.74) is 9.39. The smallest absolute Gasteiger partial charge is 0.0858 e. The molecule has 0 spiro atoms. The van der Waals surface area contributed by atoms with Crippen molar-refractivity contribution in [1.82, 2.24) is 0 Å². The van der Waals surface area contributed by atoms with Crippen LogP contribution in [0.25, 0.3) is 0 Å². The summed E-state index contributed by atoms with van der Waals surface area (Å²) in [6.45, 7) is 2.20. The number of nitrogens with two attached hydrogens (primary N) is 1. The third kappa shape index (κ3) is 4.21. The first-order chi connectivity index (χ1) is 9.28. The molecule has 0 bridgehead atoms. The van der Waals surface area contributed by atoms with Gasteiger partial charge in [0.15, 0.2) is 0 Å². The van der Waals surface area contributed by atoms with E-state index in [0.29, 0.717) is 0 Å². The second-order valence-electron chi connectivity index (χ2n) is 4.56. The molecule has 98 valence electrons. The summed E-state index contributed by atoms with van der Waals surface area (Å²) in [5.74, 6) is 0. The van der Waals surface area contributed by atoms with Gasteiger partial charge in [0.25, 0.3) is 0 Å². The molecule has 3 nitrogen and oxygen atoms in total. The molecule has 0 saturated heterocycles. The van der Waals surface area contributed by atoms with E-state index in [-0.39, 0.29) is 0 Å². The maximum atomic E-state index is 5.62. The number of unbranched alkanes of at least 4 members (excludes halogenated alkanes) is 1. The highest BCUT2D eigenvalue weighted by Crippen LogP contribution is 2.20. The van der Waals surface area contributed by atoms with E-state index in [9.17, 15) is 0 Å². The number of azo groups is 1. The number of benzene rings is 2. The molecule has 0 unspecified atom stereocenters.